The minimum absolute atomic E-state index is 0.580. The zero-order valence-electron chi connectivity index (χ0n) is 5.49. The lowest BCUT2D eigenvalue weighted by Gasteiger charge is -2.26. The van der Waals surface area contributed by atoms with Gasteiger partial charge in [0.2, 0.25) is 0 Å². The molecule has 0 aromatic rings. The first kappa shape index (κ1) is 6.75. The van der Waals surface area contributed by atoms with Gasteiger partial charge in [-0.3, -0.25) is 0 Å². The summed E-state index contributed by atoms with van der Waals surface area (Å²) in [6.45, 7) is 5.01. The molecule has 0 radical (unpaired) electrons. The highest BCUT2D eigenvalue weighted by Crippen LogP contribution is 2.23. The summed E-state index contributed by atoms with van der Waals surface area (Å²) in [5.74, 6) is 0. The average Bonchev–Trinajstić information content (AvgIpc) is 1.90. The van der Waals surface area contributed by atoms with E-state index in [0.717, 1.165) is 13.1 Å². The molecule has 1 aliphatic heterocycles. The highest BCUT2D eigenvalue weighted by Gasteiger charge is 2.27. The summed E-state index contributed by atoms with van der Waals surface area (Å²) in [4.78, 5) is 0. The molecule has 0 aromatic carbocycles. The Morgan fingerprint density at radius 2 is 2.00 bits per heavy atom. The highest BCUT2D eigenvalue weighted by atomic mass is 19.1. The third-order valence-corrected chi connectivity index (χ3v) is 1.80. The van der Waals surface area contributed by atoms with Crippen molar-refractivity contribution >= 4 is 0 Å². The molecule has 1 heterocycles. The first-order chi connectivity index (χ1) is 4.27. The Kier molecular flexibility index (Phi) is 1.86. The van der Waals surface area contributed by atoms with E-state index in [1.54, 1.807) is 0 Å². The van der Waals surface area contributed by atoms with Crippen LogP contribution >= 0.6 is 0 Å². The molecule has 0 bridgehead atoms. The summed E-state index contributed by atoms with van der Waals surface area (Å²) in [7, 11) is 0. The fourth-order valence-electron chi connectivity index (χ4n) is 1.05. The SMILES string of the molecule is C=CC1(F)CCNCC1. The van der Waals surface area contributed by atoms with Gasteiger partial charge in [0.1, 0.15) is 5.67 Å². The number of nitrogens with one attached hydrogen (secondary N) is 1. The Bertz CT molecular complexity index is 105. The van der Waals surface area contributed by atoms with Gasteiger partial charge in [0, 0.05) is 0 Å². The van der Waals surface area contributed by atoms with Gasteiger partial charge in [-0.05, 0) is 25.9 Å². The smallest absolute Gasteiger partial charge is 0.131 e. The van der Waals surface area contributed by atoms with Gasteiger partial charge in [-0.1, -0.05) is 12.7 Å². The van der Waals surface area contributed by atoms with Crippen LogP contribution in [0.5, 0.6) is 0 Å². The van der Waals surface area contributed by atoms with Gasteiger partial charge in [-0.15, -0.1) is 0 Å². The molecule has 1 rings (SSSR count). The van der Waals surface area contributed by atoms with Crippen molar-refractivity contribution in [3.05, 3.63) is 12.7 Å². The predicted octanol–water partition coefficient (Wildman–Crippen LogP) is 1.26. The lowest BCUT2D eigenvalue weighted by molar-refractivity contribution is 0.173. The monoisotopic (exact) mass is 129 g/mol. The molecule has 1 nitrogen and oxygen atoms in total. The van der Waals surface area contributed by atoms with Gasteiger partial charge in [0.15, 0.2) is 0 Å². The minimum atomic E-state index is -1.08. The van der Waals surface area contributed by atoms with Crippen LogP contribution < -0.4 is 5.32 Å². The third-order valence-electron chi connectivity index (χ3n) is 1.80. The van der Waals surface area contributed by atoms with Crippen LogP contribution in [0.15, 0.2) is 12.7 Å². The van der Waals surface area contributed by atoms with Crippen LogP contribution in [0.2, 0.25) is 0 Å². The summed E-state index contributed by atoms with van der Waals surface area (Å²) < 4.78 is 13.1. The van der Waals surface area contributed by atoms with Crippen LogP contribution in [-0.2, 0) is 0 Å². The number of hydrogen-bond acceptors (Lipinski definition) is 1. The molecule has 9 heavy (non-hydrogen) atoms. The first-order valence-electron chi connectivity index (χ1n) is 3.30. The van der Waals surface area contributed by atoms with Crippen molar-refractivity contribution in [1.82, 2.24) is 5.32 Å². The van der Waals surface area contributed by atoms with E-state index in [0.29, 0.717) is 12.8 Å². The molecule has 0 amide bonds. The van der Waals surface area contributed by atoms with E-state index in [4.69, 9.17) is 0 Å². The number of piperidine rings is 1. The lowest BCUT2D eigenvalue weighted by Crippen LogP contribution is -2.36. The highest BCUT2D eigenvalue weighted by molar-refractivity contribution is 4.98. The van der Waals surface area contributed by atoms with Crippen LogP contribution in [0, 0.1) is 0 Å². The maximum absolute atomic E-state index is 13.1. The van der Waals surface area contributed by atoms with Crippen LogP contribution in [0.4, 0.5) is 4.39 Å². The van der Waals surface area contributed by atoms with Gasteiger partial charge in [0.25, 0.3) is 0 Å². The van der Waals surface area contributed by atoms with Crippen molar-refractivity contribution in [2.75, 3.05) is 13.1 Å². The average molecular weight is 129 g/mol. The fraction of sp³-hybridized carbons (Fsp3) is 0.714. The summed E-state index contributed by atoms with van der Waals surface area (Å²) in [6, 6.07) is 0. The second-order valence-corrected chi connectivity index (χ2v) is 2.49. The van der Waals surface area contributed by atoms with E-state index < -0.39 is 5.67 Å². The van der Waals surface area contributed by atoms with Crippen molar-refractivity contribution in [3.63, 3.8) is 0 Å². The summed E-state index contributed by atoms with van der Waals surface area (Å²) >= 11 is 0. The van der Waals surface area contributed by atoms with E-state index >= 15 is 0 Å². The third kappa shape index (κ3) is 1.52. The van der Waals surface area contributed by atoms with Crippen LogP contribution in [0.25, 0.3) is 0 Å². The predicted molar refractivity (Wildman–Crippen MR) is 36.1 cm³/mol. The molecule has 0 saturated carbocycles. The molecule has 0 unspecified atom stereocenters. The summed E-state index contributed by atoms with van der Waals surface area (Å²) in [5.41, 5.74) is -1.08. The maximum Gasteiger partial charge on any atom is 0.131 e. The van der Waals surface area contributed by atoms with Gasteiger partial charge in [0.05, 0.1) is 0 Å². The second kappa shape index (κ2) is 2.48. The number of rotatable bonds is 1. The maximum atomic E-state index is 13.1. The topological polar surface area (TPSA) is 12.0 Å². The Balaban J connectivity index is 2.46. The van der Waals surface area contributed by atoms with Crippen LogP contribution in [0.1, 0.15) is 12.8 Å². The van der Waals surface area contributed by atoms with E-state index in [1.165, 1.54) is 6.08 Å². The molecular weight excluding hydrogens is 117 g/mol. The van der Waals surface area contributed by atoms with Crippen molar-refractivity contribution in [2.24, 2.45) is 0 Å². The molecular formula is C7H12FN. The molecule has 1 aliphatic rings. The van der Waals surface area contributed by atoms with Gasteiger partial charge < -0.3 is 5.32 Å². The van der Waals surface area contributed by atoms with Gasteiger partial charge >= 0.3 is 0 Å². The van der Waals surface area contributed by atoms with Crippen molar-refractivity contribution in [3.8, 4) is 0 Å². The van der Waals surface area contributed by atoms with Gasteiger partial charge in [-0.2, -0.15) is 0 Å². The number of halogens is 1. The zero-order chi connectivity index (χ0) is 6.74. The Hall–Kier alpha value is -0.370. The fourth-order valence-corrected chi connectivity index (χ4v) is 1.05. The second-order valence-electron chi connectivity index (χ2n) is 2.49. The number of hydrogen-bond donors (Lipinski definition) is 1. The number of allylic oxidation sites excluding steroid dienone is 1. The Morgan fingerprint density at radius 1 is 1.44 bits per heavy atom. The standard InChI is InChI=1S/C7H12FN/c1-2-7(8)3-5-9-6-4-7/h2,9H,1,3-6H2. The molecule has 1 fully saturated rings. The summed E-state index contributed by atoms with van der Waals surface area (Å²) in [5, 5.41) is 3.09. The molecule has 1 N–H and O–H groups in total. The molecule has 52 valence electrons. The van der Waals surface area contributed by atoms with Crippen molar-refractivity contribution < 1.29 is 4.39 Å². The first-order valence-corrected chi connectivity index (χ1v) is 3.30. The zero-order valence-corrected chi connectivity index (χ0v) is 5.49. The lowest BCUT2D eigenvalue weighted by atomic mass is 9.95. The molecule has 0 spiro atoms. The van der Waals surface area contributed by atoms with Crippen LogP contribution in [-0.4, -0.2) is 18.8 Å². The molecule has 0 aromatic heterocycles. The molecule has 2 heteroatoms. The van der Waals surface area contributed by atoms with Crippen LogP contribution in [0.3, 0.4) is 0 Å². The van der Waals surface area contributed by atoms with Gasteiger partial charge in [-0.25, -0.2) is 4.39 Å². The van der Waals surface area contributed by atoms with Crippen molar-refractivity contribution in [1.29, 1.82) is 0 Å². The number of alkyl halides is 1. The van der Waals surface area contributed by atoms with Crippen molar-refractivity contribution in [2.45, 2.75) is 18.5 Å². The Labute approximate surface area is 54.9 Å². The quantitative estimate of drug-likeness (QED) is 0.526. The normalized spacial score (nSPS) is 25.4. The van der Waals surface area contributed by atoms with E-state index in [9.17, 15) is 4.39 Å². The molecule has 0 aliphatic carbocycles. The minimum Gasteiger partial charge on any atom is -0.316 e. The van der Waals surface area contributed by atoms with E-state index in [-0.39, 0.29) is 0 Å². The molecule has 0 atom stereocenters. The van der Waals surface area contributed by atoms with E-state index in [1.807, 2.05) is 0 Å². The summed E-state index contributed by atoms with van der Waals surface area (Å²) in [6.07, 6.45) is 2.58. The Morgan fingerprint density at radius 3 is 2.33 bits per heavy atom. The largest absolute Gasteiger partial charge is 0.316 e. The molecule has 1 saturated heterocycles. The van der Waals surface area contributed by atoms with E-state index in [2.05, 4.69) is 11.9 Å².